The van der Waals surface area contributed by atoms with E-state index in [1.165, 1.54) is 43.9 Å². The van der Waals surface area contributed by atoms with E-state index in [-0.39, 0.29) is 5.97 Å². The first-order valence-corrected chi connectivity index (χ1v) is 7.16. The average Bonchev–Trinajstić information content (AvgIpc) is 3.05. The minimum atomic E-state index is -0.534. The topological polar surface area (TPSA) is 38.3 Å². The highest BCUT2D eigenvalue weighted by atomic mass is 16.5. The molecular formula is C16H21NO2. The Morgan fingerprint density at radius 3 is 2.32 bits per heavy atom. The zero-order chi connectivity index (χ0) is 13.3. The van der Waals surface area contributed by atoms with Crippen LogP contribution in [0.2, 0.25) is 0 Å². The predicted octanol–water partition coefficient (Wildman–Crippen LogP) is 2.23. The maximum absolute atomic E-state index is 12.3. The highest BCUT2D eigenvalue weighted by molar-refractivity contribution is 5.83. The maximum atomic E-state index is 12.3. The average molecular weight is 259 g/mol. The van der Waals surface area contributed by atoms with E-state index >= 15 is 0 Å². The van der Waals surface area contributed by atoms with Crippen molar-refractivity contribution >= 4 is 5.97 Å². The summed E-state index contributed by atoms with van der Waals surface area (Å²) in [5, 5.41) is 3.61. The number of hydrogen-bond acceptors (Lipinski definition) is 3. The van der Waals surface area contributed by atoms with Crippen LogP contribution in [0.5, 0.6) is 0 Å². The van der Waals surface area contributed by atoms with Crippen LogP contribution in [0.25, 0.3) is 0 Å². The summed E-state index contributed by atoms with van der Waals surface area (Å²) in [6.45, 7) is 0. The highest BCUT2D eigenvalue weighted by Gasteiger charge is 2.46. The third-order valence-corrected chi connectivity index (χ3v) is 4.51. The molecule has 1 fully saturated rings. The molecule has 1 aromatic carbocycles. The van der Waals surface area contributed by atoms with Gasteiger partial charge in [0.15, 0.2) is 0 Å². The molecule has 1 aromatic rings. The molecule has 0 amide bonds. The molecule has 1 N–H and O–H groups in total. The molecule has 0 atom stereocenters. The number of rotatable bonds is 3. The van der Waals surface area contributed by atoms with E-state index in [0.29, 0.717) is 6.04 Å². The van der Waals surface area contributed by atoms with Gasteiger partial charge in [0.2, 0.25) is 0 Å². The normalized spacial score (nSPS) is 21.3. The van der Waals surface area contributed by atoms with Gasteiger partial charge in [-0.3, -0.25) is 10.1 Å². The smallest absolute Gasteiger partial charge is 0.326 e. The van der Waals surface area contributed by atoms with E-state index in [1.54, 1.807) is 0 Å². The first-order valence-electron chi connectivity index (χ1n) is 7.16. The third kappa shape index (κ3) is 2.27. The van der Waals surface area contributed by atoms with E-state index in [2.05, 4.69) is 17.4 Å². The zero-order valence-electron chi connectivity index (χ0n) is 11.4. The van der Waals surface area contributed by atoms with E-state index in [0.717, 1.165) is 12.8 Å². The predicted molar refractivity (Wildman–Crippen MR) is 74.0 cm³/mol. The SMILES string of the molecule is COC(=O)C1(NC2CCCC2)Cc2ccccc2C1. The third-order valence-electron chi connectivity index (χ3n) is 4.51. The van der Waals surface area contributed by atoms with E-state index < -0.39 is 5.54 Å². The molecule has 19 heavy (non-hydrogen) atoms. The van der Waals surface area contributed by atoms with Crippen molar-refractivity contribution in [2.45, 2.75) is 50.1 Å². The van der Waals surface area contributed by atoms with Crippen molar-refractivity contribution in [2.75, 3.05) is 7.11 Å². The van der Waals surface area contributed by atoms with E-state index in [4.69, 9.17) is 4.74 Å². The van der Waals surface area contributed by atoms with Crippen molar-refractivity contribution < 1.29 is 9.53 Å². The van der Waals surface area contributed by atoms with Gasteiger partial charge in [0.25, 0.3) is 0 Å². The summed E-state index contributed by atoms with van der Waals surface area (Å²) in [5.41, 5.74) is 2.02. The van der Waals surface area contributed by atoms with Gasteiger partial charge < -0.3 is 4.74 Å². The Labute approximate surface area is 114 Å². The monoisotopic (exact) mass is 259 g/mol. The molecule has 0 heterocycles. The Hall–Kier alpha value is -1.35. The summed E-state index contributed by atoms with van der Waals surface area (Å²) < 4.78 is 5.08. The number of carbonyl (C=O) groups is 1. The number of fused-ring (bicyclic) bond motifs is 1. The van der Waals surface area contributed by atoms with Gasteiger partial charge in [-0.05, 0) is 24.0 Å². The van der Waals surface area contributed by atoms with Crippen LogP contribution in [-0.4, -0.2) is 24.7 Å². The van der Waals surface area contributed by atoms with Crippen LogP contribution in [0, 0.1) is 0 Å². The molecule has 0 spiro atoms. The summed E-state index contributed by atoms with van der Waals surface area (Å²) in [6, 6.07) is 8.80. The first kappa shape index (κ1) is 12.7. The Morgan fingerprint density at radius 2 is 1.79 bits per heavy atom. The number of methoxy groups -OCH3 is 1. The van der Waals surface area contributed by atoms with Gasteiger partial charge in [-0.15, -0.1) is 0 Å². The Balaban J connectivity index is 1.85. The lowest BCUT2D eigenvalue weighted by molar-refractivity contribution is -0.148. The number of ether oxygens (including phenoxy) is 1. The van der Waals surface area contributed by atoms with Crippen molar-refractivity contribution in [3.8, 4) is 0 Å². The molecule has 0 saturated heterocycles. The van der Waals surface area contributed by atoms with Gasteiger partial charge in [-0.25, -0.2) is 0 Å². The molecule has 0 aliphatic heterocycles. The quantitative estimate of drug-likeness (QED) is 0.846. The fourth-order valence-corrected chi connectivity index (χ4v) is 3.58. The summed E-state index contributed by atoms with van der Waals surface area (Å²) in [6.07, 6.45) is 6.40. The second-order valence-electron chi connectivity index (χ2n) is 5.82. The molecule has 3 nitrogen and oxygen atoms in total. The molecule has 1 saturated carbocycles. The molecule has 2 aliphatic carbocycles. The molecule has 0 unspecified atom stereocenters. The lowest BCUT2D eigenvalue weighted by Gasteiger charge is -2.30. The van der Waals surface area contributed by atoms with Crippen LogP contribution in [0.3, 0.4) is 0 Å². The standard InChI is InChI=1S/C16H21NO2/c1-19-15(18)16(17-14-8-4-5-9-14)10-12-6-2-3-7-13(12)11-16/h2-3,6-7,14,17H,4-5,8-11H2,1H3. The Bertz CT molecular complexity index is 452. The van der Waals surface area contributed by atoms with Crippen molar-refractivity contribution in [2.24, 2.45) is 0 Å². The van der Waals surface area contributed by atoms with Crippen LogP contribution >= 0.6 is 0 Å². The number of hydrogen-bond donors (Lipinski definition) is 1. The van der Waals surface area contributed by atoms with Crippen LogP contribution in [0.15, 0.2) is 24.3 Å². The summed E-state index contributed by atoms with van der Waals surface area (Å²) in [5.74, 6) is -0.115. The molecular weight excluding hydrogens is 238 g/mol. The largest absolute Gasteiger partial charge is 0.468 e. The van der Waals surface area contributed by atoms with Gasteiger partial charge in [0.1, 0.15) is 5.54 Å². The molecule has 0 aromatic heterocycles. The zero-order valence-corrected chi connectivity index (χ0v) is 11.4. The van der Waals surface area contributed by atoms with Crippen LogP contribution in [0.4, 0.5) is 0 Å². The minimum Gasteiger partial charge on any atom is -0.468 e. The van der Waals surface area contributed by atoms with Crippen LogP contribution in [0.1, 0.15) is 36.8 Å². The lowest BCUT2D eigenvalue weighted by Crippen LogP contribution is -2.56. The number of esters is 1. The van der Waals surface area contributed by atoms with Crippen molar-refractivity contribution in [3.63, 3.8) is 0 Å². The van der Waals surface area contributed by atoms with Gasteiger partial charge in [-0.1, -0.05) is 37.1 Å². The molecule has 0 radical (unpaired) electrons. The minimum absolute atomic E-state index is 0.115. The van der Waals surface area contributed by atoms with Crippen LogP contribution < -0.4 is 5.32 Å². The van der Waals surface area contributed by atoms with Gasteiger partial charge in [0, 0.05) is 18.9 Å². The molecule has 3 rings (SSSR count). The van der Waals surface area contributed by atoms with Crippen molar-refractivity contribution in [1.82, 2.24) is 5.32 Å². The van der Waals surface area contributed by atoms with Crippen LogP contribution in [-0.2, 0) is 22.4 Å². The Morgan fingerprint density at radius 1 is 1.21 bits per heavy atom. The Kier molecular flexibility index (Phi) is 3.31. The van der Waals surface area contributed by atoms with Crippen molar-refractivity contribution in [3.05, 3.63) is 35.4 Å². The summed E-state index contributed by atoms with van der Waals surface area (Å²) in [4.78, 5) is 12.3. The van der Waals surface area contributed by atoms with E-state index in [9.17, 15) is 4.79 Å². The summed E-state index contributed by atoms with van der Waals surface area (Å²) in [7, 11) is 1.49. The molecule has 3 heteroatoms. The second-order valence-corrected chi connectivity index (χ2v) is 5.82. The maximum Gasteiger partial charge on any atom is 0.326 e. The highest BCUT2D eigenvalue weighted by Crippen LogP contribution is 2.33. The number of carbonyl (C=O) groups excluding carboxylic acids is 1. The fraction of sp³-hybridized carbons (Fsp3) is 0.562. The number of benzene rings is 1. The van der Waals surface area contributed by atoms with Gasteiger partial charge in [0.05, 0.1) is 7.11 Å². The number of nitrogens with one attached hydrogen (secondary N) is 1. The van der Waals surface area contributed by atoms with E-state index in [1.807, 2.05) is 12.1 Å². The van der Waals surface area contributed by atoms with Gasteiger partial charge in [-0.2, -0.15) is 0 Å². The molecule has 102 valence electrons. The molecule has 0 bridgehead atoms. The van der Waals surface area contributed by atoms with Crippen molar-refractivity contribution in [1.29, 1.82) is 0 Å². The molecule has 2 aliphatic rings. The fourth-order valence-electron chi connectivity index (χ4n) is 3.58. The first-order chi connectivity index (χ1) is 9.23. The summed E-state index contributed by atoms with van der Waals surface area (Å²) >= 11 is 0. The van der Waals surface area contributed by atoms with Gasteiger partial charge >= 0.3 is 5.97 Å². The lowest BCUT2D eigenvalue weighted by atomic mass is 9.94. The second kappa shape index (κ2) is 4.97.